The fourth-order valence-electron chi connectivity index (χ4n) is 1.83. The molecule has 118 valence electrons. The van der Waals surface area contributed by atoms with Gasteiger partial charge in [-0.1, -0.05) is 29.3 Å². The average molecular weight is 349 g/mol. The van der Waals surface area contributed by atoms with E-state index in [-0.39, 0.29) is 0 Å². The van der Waals surface area contributed by atoms with Gasteiger partial charge in [0.05, 0.1) is 15.6 Å². The first-order valence-corrected chi connectivity index (χ1v) is 7.22. The van der Waals surface area contributed by atoms with Crippen molar-refractivity contribution in [3.8, 4) is 0 Å². The van der Waals surface area contributed by atoms with Crippen LogP contribution in [0.25, 0.3) is 0 Å². The molecule has 0 aromatic heterocycles. The molecule has 0 spiro atoms. The van der Waals surface area contributed by atoms with Crippen LogP contribution in [0.2, 0.25) is 10.0 Å². The molecule has 0 unspecified atom stereocenters. The quantitative estimate of drug-likeness (QED) is 0.693. The van der Waals surface area contributed by atoms with E-state index in [1.165, 1.54) is 6.07 Å². The summed E-state index contributed by atoms with van der Waals surface area (Å²) < 4.78 is 37.8. The van der Waals surface area contributed by atoms with Crippen LogP contribution in [0.3, 0.4) is 0 Å². The molecule has 0 amide bonds. The zero-order valence-corrected chi connectivity index (χ0v) is 12.9. The minimum atomic E-state index is -4.34. The van der Waals surface area contributed by atoms with Crippen molar-refractivity contribution < 1.29 is 13.2 Å². The smallest absolute Gasteiger partial charge is 0.383 e. The van der Waals surface area contributed by atoms with E-state index in [1.807, 2.05) is 0 Å². The lowest BCUT2D eigenvalue weighted by atomic mass is 10.2. The van der Waals surface area contributed by atoms with Gasteiger partial charge in [0.25, 0.3) is 0 Å². The molecule has 0 radical (unpaired) electrons. The third-order valence-electron chi connectivity index (χ3n) is 2.89. The van der Waals surface area contributed by atoms with Crippen molar-refractivity contribution in [2.75, 3.05) is 23.7 Å². The maximum atomic E-state index is 12.6. The van der Waals surface area contributed by atoms with Crippen molar-refractivity contribution in [1.29, 1.82) is 0 Å². The molecule has 0 bridgehead atoms. The third kappa shape index (κ3) is 4.71. The van der Waals surface area contributed by atoms with Crippen molar-refractivity contribution in [1.82, 2.24) is 0 Å². The van der Waals surface area contributed by atoms with Gasteiger partial charge in [0.2, 0.25) is 0 Å². The number of hydrogen-bond acceptors (Lipinski definition) is 2. The van der Waals surface area contributed by atoms with E-state index in [9.17, 15) is 13.2 Å². The highest BCUT2D eigenvalue weighted by Gasteiger charge is 2.30. The number of anilines is 2. The molecule has 0 saturated heterocycles. The molecule has 2 rings (SSSR count). The van der Waals surface area contributed by atoms with Crippen molar-refractivity contribution >= 4 is 34.6 Å². The predicted molar refractivity (Wildman–Crippen MR) is 84.9 cm³/mol. The maximum Gasteiger partial charge on any atom is 0.416 e. The largest absolute Gasteiger partial charge is 0.416 e. The molecule has 2 N–H and O–H groups in total. The van der Waals surface area contributed by atoms with Gasteiger partial charge in [-0.25, -0.2) is 0 Å². The molecule has 0 aliphatic heterocycles. The summed E-state index contributed by atoms with van der Waals surface area (Å²) in [5.41, 5.74) is 0.543. The number of halogens is 5. The van der Waals surface area contributed by atoms with Crippen LogP contribution >= 0.6 is 23.2 Å². The summed E-state index contributed by atoms with van der Waals surface area (Å²) in [6.45, 7) is 0.982. The molecule has 2 nitrogen and oxygen atoms in total. The summed E-state index contributed by atoms with van der Waals surface area (Å²) >= 11 is 11.7. The fourth-order valence-corrected chi connectivity index (χ4v) is 2.12. The summed E-state index contributed by atoms with van der Waals surface area (Å²) in [5, 5.41) is 6.94. The zero-order valence-electron chi connectivity index (χ0n) is 11.3. The van der Waals surface area contributed by atoms with Crippen LogP contribution in [0.5, 0.6) is 0 Å². The number of benzene rings is 2. The van der Waals surface area contributed by atoms with Crippen LogP contribution in [0.1, 0.15) is 5.56 Å². The molecule has 0 fully saturated rings. The third-order valence-corrected chi connectivity index (χ3v) is 3.63. The number of alkyl halides is 3. The second-order valence-electron chi connectivity index (χ2n) is 4.56. The SMILES string of the molecule is FC(F)(F)c1cccc(NCCNc2ccc(Cl)c(Cl)c2)c1. The highest BCUT2D eigenvalue weighted by molar-refractivity contribution is 6.42. The Morgan fingerprint density at radius 2 is 1.45 bits per heavy atom. The lowest BCUT2D eigenvalue weighted by molar-refractivity contribution is -0.137. The van der Waals surface area contributed by atoms with Crippen LogP contribution in [0, 0.1) is 0 Å². The fraction of sp³-hybridized carbons (Fsp3) is 0.200. The van der Waals surface area contributed by atoms with Crippen LogP contribution < -0.4 is 10.6 Å². The first kappa shape index (κ1) is 16.8. The van der Waals surface area contributed by atoms with Crippen molar-refractivity contribution in [3.05, 3.63) is 58.1 Å². The Kier molecular flexibility index (Phi) is 5.42. The second-order valence-corrected chi connectivity index (χ2v) is 5.38. The number of rotatable bonds is 5. The van der Waals surface area contributed by atoms with Gasteiger partial charge in [-0.2, -0.15) is 13.2 Å². The van der Waals surface area contributed by atoms with Gasteiger partial charge in [-0.3, -0.25) is 0 Å². The summed E-state index contributed by atoms with van der Waals surface area (Å²) in [7, 11) is 0. The Balaban J connectivity index is 1.85. The predicted octanol–water partition coefficient (Wildman–Crippen LogP) is 5.54. The first-order valence-electron chi connectivity index (χ1n) is 6.46. The minimum Gasteiger partial charge on any atom is -0.383 e. The second kappa shape index (κ2) is 7.11. The molecule has 0 aliphatic rings. The molecular weight excluding hydrogens is 336 g/mol. The normalized spacial score (nSPS) is 11.3. The van der Waals surface area contributed by atoms with Gasteiger partial charge in [-0.15, -0.1) is 0 Å². The molecule has 0 saturated carbocycles. The number of nitrogens with one attached hydrogen (secondary N) is 2. The minimum absolute atomic E-state index is 0.422. The topological polar surface area (TPSA) is 24.1 Å². The lowest BCUT2D eigenvalue weighted by Crippen LogP contribution is -2.14. The van der Waals surface area contributed by atoms with Gasteiger partial charge in [0.15, 0.2) is 0 Å². The Hall–Kier alpha value is -1.59. The van der Waals surface area contributed by atoms with Gasteiger partial charge >= 0.3 is 6.18 Å². The van der Waals surface area contributed by atoms with Crippen LogP contribution in [0.15, 0.2) is 42.5 Å². The Morgan fingerprint density at radius 1 is 0.818 bits per heavy atom. The van der Waals surface area contributed by atoms with Gasteiger partial charge in [0.1, 0.15) is 0 Å². The lowest BCUT2D eigenvalue weighted by Gasteiger charge is -2.12. The Labute approximate surface area is 136 Å². The highest BCUT2D eigenvalue weighted by Crippen LogP contribution is 2.30. The van der Waals surface area contributed by atoms with Gasteiger partial charge < -0.3 is 10.6 Å². The molecule has 0 aliphatic carbocycles. The maximum absolute atomic E-state index is 12.6. The molecule has 2 aromatic rings. The summed E-state index contributed by atoms with van der Waals surface area (Å²) in [5.74, 6) is 0. The van der Waals surface area contributed by atoms with E-state index < -0.39 is 11.7 Å². The summed E-state index contributed by atoms with van der Waals surface area (Å²) in [4.78, 5) is 0. The van der Waals surface area contributed by atoms with E-state index in [0.717, 1.165) is 17.8 Å². The monoisotopic (exact) mass is 348 g/mol. The molecule has 2 aromatic carbocycles. The summed E-state index contributed by atoms with van der Waals surface area (Å²) in [6.07, 6.45) is -4.34. The first-order chi connectivity index (χ1) is 10.4. The molecule has 0 heterocycles. The zero-order chi connectivity index (χ0) is 16.2. The Morgan fingerprint density at radius 3 is 2.05 bits per heavy atom. The van der Waals surface area contributed by atoms with Crippen molar-refractivity contribution in [2.24, 2.45) is 0 Å². The van der Waals surface area contributed by atoms with Crippen LogP contribution in [-0.2, 0) is 6.18 Å². The standard InChI is InChI=1S/C15H13Cl2F3N2/c16-13-5-4-12(9-14(13)17)22-7-6-21-11-3-1-2-10(8-11)15(18,19)20/h1-5,8-9,21-22H,6-7H2. The van der Waals surface area contributed by atoms with Crippen LogP contribution in [-0.4, -0.2) is 13.1 Å². The molecule has 7 heteroatoms. The van der Waals surface area contributed by atoms with E-state index in [0.29, 0.717) is 28.8 Å². The van der Waals surface area contributed by atoms with E-state index in [2.05, 4.69) is 10.6 Å². The van der Waals surface area contributed by atoms with E-state index in [4.69, 9.17) is 23.2 Å². The van der Waals surface area contributed by atoms with Crippen molar-refractivity contribution in [3.63, 3.8) is 0 Å². The van der Waals surface area contributed by atoms with E-state index in [1.54, 1.807) is 24.3 Å². The van der Waals surface area contributed by atoms with Gasteiger partial charge in [0, 0.05) is 24.5 Å². The highest BCUT2D eigenvalue weighted by atomic mass is 35.5. The van der Waals surface area contributed by atoms with Crippen molar-refractivity contribution in [2.45, 2.75) is 6.18 Å². The number of hydrogen-bond donors (Lipinski definition) is 2. The van der Waals surface area contributed by atoms with Crippen LogP contribution in [0.4, 0.5) is 24.5 Å². The Bertz CT molecular complexity index is 645. The molecule has 0 atom stereocenters. The molecular formula is C15H13Cl2F3N2. The summed E-state index contributed by atoms with van der Waals surface area (Å²) in [6, 6.07) is 10.2. The van der Waals surface area contributed by atoms with E-state index >= 15 is 0 Å². The average Bonchev–Trinajstić information content (AvgIpc) is 2.47. The van der Waals surface area contributed by atoms with Gasteiger partial charge in [-0.05, 0) is 36.4 Å². The molecule has 22 heavy (non-hydrogen) atoms.